The third-order valence-corrected chi connectivity index (χ3v) is 9.52. The normalized spacial score (nSPS) is 30.2. The first-order chi connectivity index (χ1) is 18.5. The maximum absolute atomic E-state index is 15.7. The Morgan fingerprint density at radius 1 is 1.33 bits per heavy atom. The van der Waals surface area contributed by atoms with E-state index in [0.29, 0.717) is 11.3 Å². The Hall–Kier alpha value is -2.14. The van der Waals surface area contributed by atoms with Gasteiger partial charge in [-0.15, -0.1) is 0 Å². The first-order valence-electron chi connectivity index (χ1n) is 13.2. The minimum Gasteiger partial charge on any atom is -0.461 e. The lowest BCUT2D eigenvalue weighted by atomic mass is 9.97. The molecule has 0 bridgehead atoms. The summed E-state index contributed by atoms with van der Waals surface area (Å²) >= 11 is 5.73. The number of ether oxygens (including phenoxy) is 2. The van der Waals surface area contributed by atoms with E-state index in [1.54, 1.807) is 37.3 Å². The average Bonchev–Trinajstić information content (AvgIpc) is 3.12. The van der Waals surface area contributed by atoms with Crippen molar-refractivity contribution in [2.24, 2.45) is 0 Å². The molecule has 214 valence electrons. The summed E-state index contributed by atoms with van der Waals surface area (Å²) in [6, 6.07) is 7.86. The molecular weight excluding hydrogens is 546 g/mol. The van der Waals surface area contributed by atoms with Crippen LogP contribution in [0.3, 0.4) is 0 Å². The number of rotatable bonds is 10. The van der Waals surface area contributed by atoms with Gasteiger partial charge in [0.15, 0.2) is 11.9 Å². The fraction of sp³-hybridized carbons (Fsp3) is 0.556. The molecule has 0 spiro atoms. The zero-order valence-electron chi connectivity index (χ0n) is 22.2. The summed E-state index contributed by atoms with van der Waals surface area (Å²) < 4.78 is 39.1. The number of nitrogens with zero attached hydrogens (tertiary/aromatic N) is 1. The fourth-order valence-electron chi connectivity index (χ4n) is 4.79. The molecule has 0 unspecified atom stereocenters. The van der Waals surface area contributed by atoms with Gasteiger partial charge in [0.05, 0.1) is 13.0 Å². The molecule has 4 rings (SSSR count). The average molecular weight is 583 g/mol. The van der Waals surface area contributed by atoms with Gasteiger partial charge in [0.2, 0.25) is 5.91 Å². The van der Waals surface area contributed by atoms with Crippen molar-refractivity contribution in [2.45, 2.75) is 88.6 Å². The highest BCUT2D eigenvalue weighted by atomic mass is 32.5. The topological polar surface area (TPSA) is 107 Å². The van der Waals surface area contributed by atoms with Crippen molar-refractivity contribution in [3.63, 3.8) is 0 Å². The predicted octanol–water partition coefficient (Wildman–Crippen LogP) is 4.28. The predicted molar refractivity (Wildman–Crippen MR) is 147 cm³/mol. The van der Waals surface area contributed by atoms with Crippen LogP contribution >= 0.6 is 6.64 Å². The van der Waals surface area contributed by atoms with Crippen molar-refractivity contribution >= 4 is 30.3 Å². The van der Waals surface area contributed by atoms with Crippen LogP contribution in [0.15, 0.2) is 54.8 Å². The maximum Gasteiger partial charge on any atom is 0.323 e. The second-order valence-corrected chi connectivity index (χ2v) is 13.5. The number of aliphatic hydroxyl groups is 1. The highest BCUT2D eigenvalue weighted by Gasteiger charge is 2.57. The number of carbonyl (C=O) groups is 2. The van der Waals surface area contributed by atoms with Crippen molar-refractivity contribution in [3.8, 4) is 5.75 Å². The van der Waals surface area contributed by atoms with Gasteiger partial charge in [-0.3, -0.25) is 14.5 Å². The van der Waals surface area contributed by atoms with Gasteiger partial charge in [-0.1, -0.05) is 31.2 Å². The summed E-state index contributed by atoms with van der Waals surface area (Å²) in [5.41, 5.74) is -1.70. The number of esters is 1. The Balaban J connectivity index is 1.45. The number of amides is 1. The largest absolute Gasteiger partial charge is 0.461 e. The van der Waals surface area contributed by atoms with Crippen LogP contribution in [0.2, 0.25) is 0 Å². The van der Waals surface area contributed by atoms with Gasteiger partial charge in [-0.25, -0.2) is 9.48 Å². The van der Waals surface area contributed by atoms with Crippen LogP contribution in [0.25, 0.3) is 0 Å². The number of hydrogen-bond donors (Lipinski definition) is 2. The molecule has 1 saturated carbocycles. The lowest BCUT2D eigenvalue weighted by Crippen LogP contribution is -2.51. The summed E-state index contributed by atoms with van der Waals surface area (Å²) in [4.78, 5) is 26.5. The molecule has 2 aliphatic heterocycles. The van der Waals surface area contributed by atoms with Crippen molar-refractivity contribution < 1.29 is 37.6 Å². The summed E-state index contributed by atoms with van der Waals surface area (Å²) in [5.74, 6) is -0.455. The Bertz CT molecular complexity index is 1130. The van der Waals surface area contributed by atoms with E-state index >= 15 is 4.39 Å². The number of carbonyl (C=O) groups excluding carboxylic acids is 2. The van der Waals surface area contributed by atoms with Crippen LogP contribution in [0, 0.1) is 0 Å². The molecule has 6 atom stereocenters. The fourth-order valence-corrected chi connectivity index (χ4v) is 7.21. The van der Waals surface area contributed by atoms with E-state index in [4.69, 9.17) is 30.3 Å². The van der Waals surface area contributed by atoms with Gasteiger partial charge in [-0.2, -0.15) is 0 Å². The molecule has 1 aromatic rings. The minimum absolute atomic E-state index is 0.0220. The Labute approximate surface area is 233 Å². The van der Waals surface area contributed by atoms with Crippen molar-refractivity contribution in [1.82, 2.24) is 9.99 Å². The zero-order valence-corrected chi connectivity index (χ0v) is 23.9. The molecule has 2 fully saturated rings. The van der Waals surface area contributed by atoms with E-state index in [1.165, 1.54) is 13.1 Å². The standard InChI is InChI=1S/C27H36FN2O7PS/c1-18-14-15-30(23(31)16-18)26-27(3,28)24(32)22(36-26)17-34-38(39,37-21-12-8-5-9-13-21)29-19(2)25(33)35-20-10-6-4-7-11-20/h5,8-9,12-15,19-20,22,24,26,32H,1,4,6-7,10-11,16-17H2,2-3H3,(H,29,39)/t19-,22+,24+,26+,27+,38-/m0/s1. The molecular formula is C27H36FN2O7PS. The van der Waals surface area contributed by atoms with Crippen LogP contribution in [-0.4, -0.2) is 64.7 Å². The summed E-state index contributed by atoms with van der Waals surface area (Å²) in [5, 5.41) is 13.7. The van der Waals surface area contributed by atoms with Gasteiger partial charge in [-0.05, 0) is 75.1 Å². The highest BCUT2D eigenvalue weighted by Crippen LogP contribution is 2.47. The Morgan fingerprint density at radius 2 is 2.03 bits per heavy atom. The molecule has 1 aromatic carbocycles. The van der Waals surface area contributed by atoms with Crippen molar-refractivity contribution in [2.75, 3.05) is 6.61 Å². The monoisotopic (exact) mass is 582 g/mol. The van der Waals surface area contributed by atoms with Gasteiger partial charge in [0, 0.05) is 6.20 Å². The second kappa shape index (κ2) is 12.6. The molecule has 0 radical (unpaired) electrons. The van der Waals surface area contributed by atoms with E-state index in [-0.39, 0.29) is 19.1 Å². The molecule has 0 aromatic heterocycles. The van der Waals surface area contributed by atoms with Crippen LogP contribution in [0.5, 0.6) is 5.75 Å². The lowest BCUT2D eigenvalue weighted by Gasteiger charge is -2.33. The summed E-state index contributed by atoms with van der Waals surface area (Å²) in [6.07, 6.45) is 3.55. The quantitative estimate of drug-likeness (QED) is 0.309. The molecule has 1 amide bonds. The lowest BCUT2D eigenvalue weighted by molar-refractivity contribution is -0.152. The Morgan fingerprint density at radius 3 is 2.69 bits per heavy atom. The molecule has 1 aliphatic carbocycles. The van der Waals surface area contributed by atoms with Crippen LogP contribution in [0.1, 0.15) is 52.4 Å². The van der Waals surface area contributed by atoms with Gasteiger partial charge in [0.1, 0.15) is 30.1 Å². The van der Waals surface area contributed by atoms with Gasteiger partial charge >= 0.3 is 12.6 Å². The van der Waals surface area contributed by atoms with Gasteiger partial charge < -0.3 is 23.6 Å². The second-order valence-electron chi connectivity index (χ2n) is 10.3. The molecule has 9 nitrogen and oxygen atoms in total. The third-order valence-electron chi connectivity index (χ3n) is 7.02. The number of hydrogen-bond acceptors (Lipinski definition) is 8. The van der Waals surface area contributed by atoms with Crippen LogP contribution < -0.4 is 9.61 Å². The molecule has 2 heterocycles. The highest BCUT2D eigenvalue weighted by molar-refractivity contribution is 8.09. The zero-order chi connectivity index (χ0) is 28.2. The van der Waals surface area contributed by atoms with Crippen molar-refractivity contribution in [3.05, 3.63) is 54.8 Å². The molecule has 2 N–H and O–H groups in total. The summed E-state index contributed by atoms with van der Waals surface area (Å²) in [7, 11) is 0. The van der Waals surface area contributed by atoms with Gasteiger partial charge in [0.25, 0.3) is 0 Å². The van der Waals surface area contributed by atoms with E-state index < -0.39 is 48.7 Å². The SMILES string of the molecule is C=C1C=CN([C@@H]2O[C@H](CO[P@@](=S)(N[C@@H](C)C(=O)OC3CCCCC3)Oc3ccccc3)[C@@H](O)[C@@]2(C)F)C(=O)C1. The van der Waals surface area contributed by atoms with E-state index in [2.05, 4.69) is 11.7 Å². The number of alkyl halides is 1. The van der Waals surface area contributed by atoms with E-state index in [1.807, 2.05) is 6.07 Å². The third kappa shape index (κ3) is 7.34. The molecule has 3 aliphatic rings. The molecule has 12 heteroatoms. The number of aliphatic hydroxyl groups excluding tert-OH is 1. The van der Waals surface area contributed by atoms with Crippen LogP contribution in [0.4, 0.5) is 4.39 Å². The Kier molecular flexibility index (Phi) is 9.62. The smallest absolute Gasteiger partial charge is 0.323 e. The summed E-state index contributed by atoms with van der Waals surface area (Å²) in [6.45, 7) is 2.75. The first-order valence-corrected chi connectivity index (χ1v) is 15.8. The number of para-hydroxylation sites is 1. The van der Waals surface area contributed by atoms with E-state index in [0.717, 1.165) is 37.0 Å². The molecule has 1 saturated heterocycles. The molecule has 39 heavy (non-hydrogen) atoms. The number of halogens is 1. The van der Waals surface area contributed by atoms with Crippen molar-refractivity contribution in [1.29, 1.82) is 0 Å². The first kappa shape index (κ1) is 29.8. The number of benzene rings is 1. The van der Waals surface area contributed by atoms with Crippen LogP contribution in [-0.2, 0) is 35.4 Å². The van der Waals surface area contributed by atoms with E-state index in [9.17, 15) is 14.7 Å². The maximum atomic E-state index is 15.7. The number of allylic oxidation sites excluding steroid dienone is 1. The minimum atomic E-state index is -3.43. The number of nitrogens with one attached hydrogen (secondary N) is 1.